The minimum Gasteiger partial charge on any atom is -0.444 e. The Morgan fingerprint density at radius 3 is 2.60 bits per heavy atom. The summed E-state index contributed by atoms with van der Waals surface area (Å²) in [5.41, 5.74) is 2.24. The summed E-state index contributed by atoms with van der Waals surface area (Å²) >= 11 is 7.86. The molecule has 2 rings (SSSR count). The first kappa shape index (κ1) is 24.2. The Balaban J connectivity index is 2.15. The van der Waals surface area contributed by atoms with Crippen LogP contribution in [0.3, 0.4) is 0 Å². The topological polar surface area (TPSA) is 80.3 Å². The van der Waals surface area contributed by atoms with Crippen molar-refractivity contribution in [3.63, 3.8) is 0 Å². The van der Waals surface area contributed by atoms with E-state index < -0.39 is 17.7 Å². The minimum absolute atomic E-state index is 0.214. The number of hydrogen-bond acceptors (Lipinski definition) is 6. The third kappa shape index (κ3) is 7.29. The van der Waals surface area contributed by atoms with Crippen LogP contribution in [0.4, 0.5) is 9.93 Å². The first-order valence-corrected chi connectivity index (χ1v) is 11.1. The zero-order valence-electron chi connectivity index (χ0n) is 18.3. The Hall–Kier alpha value is -2.12. The molecule has 2 aromatic rings. The molecule has 0 aliphatic heterocycles. The summed E-state index contributed by atoms with van der Waals surface area (Å²) in [4.78, 5) is 29.2. The van der Waals surface area contributed by atoms with Gasteiger partial charge >= 0.3 is 6.09 Å². The first-order chi connectivity index (χ1) is 14.0. The maximum Gasteiger partial charge on any atom is 0.408 e. The molecule has 164 valence electrons. The zero-order chi connectivity index (χ0) is 22.5. The number of rotatable bonds is 8. The standard InChI is InChI=1S/C22H30ClN3O3S/c1-13(2)9-18-19(15-8-7-14(3)17(23)10-15)26-20(30-18)24-11-16(12-27)25-21(28)29-22(4,5)6/h7-8,10,12-13,16H,9,11H2,1-6H3,(H,24,26)(H,25,28). The van der Waals surface area contributed by atoms with Crippen molar-refractivity contribution in [1.82, 2.24) is 10.3 Å². The van der Waals surface area contributed by atoms with E-state index in [0.717, 1.165) is 28.1 Å². The summed E-state index contributed by atoms with van der Waals surface area (Å²) in [7, 11) is 0. The fourth-order valence-electron chi connectivity index (χ4n) is 2.69. The number of halogens is 1. The Kier molecular flexibility index (Phi) is 8.26. The number of ether oxygens (including phenoxy) is 1. The van der Waals surface area contributed by atoms with Gasteiger partial charge in [-0.05, 0) is 51.7 Å². The van der Waals surface area contributed by atoms with Crippen molar-refractivity contribution in [1.29, 1.82) is 0 Å². The Morgan fingerprint density at radius 2 is 2.03 bits per heavy atom. The average Bonchev–Trinajstić information content (AvgIpc) is 3.01. The van der Waals surface area contributed by atoms with Crippen molar-refractivity contribution < 1.29 is 14.3 Å². The molecule has 1 aromatic heterocycles. The van der Waals surface area contributed by atoms with Crippen LogP contribution in [0.15, 0.2) is 18.2 Å². The largest absolute Gasteiger partial charge is 0.444 e. The average molecular weight is 452 g/mol. The number of aromatic nitrogens is 1. The molecular formula is C22H30ClN3O3S. The van der Waals surface area contributed by atoms with Crippen molar-refractivity contribution in [3.05, 3.63) is 33.7 Å². The van der Waals surface area contributed by atoms with Crippen LogP contribution in [0.2, 0.25) is 5.02 Å². The summed E-state index contributed by atoms with van der Waals surface area (Å²) in [6.45, 7) is 11.8. The van der Waals surface area contributed by atoms with Gasteiger partial charge in [0.15, 0.2) is 5.13 Å². The summed E-state index contributed by atoms with van der Waals surface area (Å²) < 4.78 is 5.21. The lowest BCUT2D eigenvalue weighted by Crippen LogP contribution is -2.43. The van der Waals surface area contributed by atoms with Crippen LogP contribution in [0, 0.1) is 12.8 Å². The van der Waals surface area contributed by atoms with Gasteiger partial charge < -0.3 is 20.2 Å². The van der Waals surface area contributed by atoms with Crippen LogP contribution in [-0.2, 0) is 16.0 Å². The van der Waals surface area contributed by atoms with E-state index in [0.29, 0.717) is 22.4 Å². The summed E-state index contributed by atoms with van der Waals surface area (Å²) in [6.07, 6.45) is 0.934. The van der Waals surface area contributed by atoms with Gasteiger partial charge in [0.05, 0.1) is 5.69 Å². The molecule has 6 nitrogen and oxygen atoms in total. The molecule has 1 aromatic carbocycles. The van der Waals surface area contributed by atoms with Gasteiger partial charge in [0.2, 0.25) is 0 Å². The van der Waals surface area contributed by atoms with Gasteiger partial charge in [-0.2, -0.15) is 0 Å². The third-order valence-corrected chi connectivity index (χ3v) is 5.52. The number of carbonyl (C=O) groups is 2. The number of alkyl carbamates (subject to hydrolysis) is 1. The number of thiazole rings is 1. The van der Waals surface area contributed by atoms with E-state index in [1.54, 1.807) is 32.1 Å². The minimum atomic E-state index is -0.727. The Bertz CT molecular complexity index is 890. The molecule has 0 bridgehead atoms. The summed E-state index contributed by atoms with van der Waals surface area (Å²) in [5.74, 6) is 0.467. The molecule has 1 atom stereocenters. The lowest BCUT2D eigenvalue weighted by Gasteiger charge is -2.21. The second-order valence-electron chi connectivity index (χ2n) is 8.62. The van der Waals surface area contributed by atoms with E-state index in [9.17, 15) is 9.59 Å². The predicted molar refractivity (Wildman–Crippen MR) is 124 cm³/mol. The van der Waals surface area contributed by atoms with E-state index in [1.165, 1.54) is 0 Å². The van der Waals surface area contributed by atoms with E-state index >= 15 is 0 Å². The molecule has 0 aliphatic rings. The third-order valence-electron chi connectivity index (χ3n) is 4.08. The number of aryl methyl sites for hydroxylation is 1. The number of anilines is 1. The molecule has 0 radical (unpaired) electrons. The Morgan fingerprint density at radius 1 is 1.33 bits per heavy atom. The SMILES string of the molecule is Cc1ccc(-c2nc(NCC(C=O)NC(=O)OC(C)(C)C)sc2CC(C)C)cc1Cl. The molecule has 1 unspecified atom stereocenters. The van der Waals surface area contributed by atoms with E-state index in [-0.39, 0.29) is 6.54 Å². The van der Waals surface area contributed by atoms with Crippen molar-refractivity contribution in [2.45, 2.75) is 59.6 Å². The lowest BCUT2D eigenvalue weighted by molar-refractivity contribution is -0.109. The van der Waals surface area contributed by atoms with Crippen LogP contribution in [0.25, 0.3) is 11.3 Å². The molecule has 0 aliphatic carbocycles. The van der Waals surface area contributed by atoms with Gasteiger partial charge in [0.25, 0.3) is 0 Å². The highest BCUT2D eigenvalue weighted by Crippen LogP contribution is 2.34. The highest BCUT2D eigenvalue weighted by Gasteiger charge is 2.20. The highest BCUT2D eigenvalue weighted by molar-refractivity contribution is 7.16. The van der Waals surface area contributed by atoms with Crippen LogP contribution in [-0.4, -0.2) is 35.6 Å². The van der Waals surface area contributed by atoms with E-state index in [1.807, 2.05) is 25.1 Å². The number of aldehydes is 1. The quantitative estimate of drug-likeness (QED) is 0.520. The van der Waals surface area contributed by atoms with E-state index in [4.69, 9.17) is 21.3 Å². The predicted octanol–water partition coefficient (Wildman–Crippen LogP) is 5.47. The van der Waals surface area contributed by atoms with E-state index in [2.05, 4.69) is 24.5 Å². The number of carbonyl (C=O) groups excluding carboxylic acids is 2. The molecule has 0 saturated carbocycles. The van der Waals surface area contributed by atoms with Crippen LogP contribution >= 0.6 is 22.9 Å². The number of nitrogens with one attached hydrogen (secondary N) is 2. The molecule has 30 heavy (non-hydrogen) atoms. The van der Waals surface area contributed by atoms with Crippen LogP contribution in [0.1, 0.15) is 45.1 Å². The van der Waals surface area contributed by atoms with Gasteiger partial charge in [0.1, 0.15) is 17.9 Å². The normalized spacial score (nSPS) is 12.5. The maximum atomic E-state index is 11.9. The van der Waals surface area contributed by atoms with Crippen LogP contribution < -0.4 is 10.6 Å². The molecule has 8 heteroatoms. The second kappa shape index (κ2) is 10.3. The van der Waals surface area contributed by atoms with Gasteiger partial charge in [-0.25, -0.2) is 9.78 Å². The number of amides is 1. The van der Waals surface area contributed by atoms with Gasteiger partial charge in [-0.3, -0.25) is 0 Å². The van der Waals surface area contributed by atoms with Crippen LogP contribution in [0.5, 0.6) is 0 Å². The molecule has 0 fully saturated rings. The smallest absolute Gasteiger partial charge is 0.408 e. The molecule has 2 N–H and O–H groups in total. The van der Waals surface area contributed by atoms with Crippen molar-refractivity contribution in [2.75, 3.05) is 11.9 Å². The zero-order valence-corrected chi connectivity index (χ0v) is 19.9. The first-order valence-electron chi connectivity index (χ1n) is 9.93. The van der Waals surface area contributed by atoms with Gasteiger partial charge in [-0.15, -0.1) is 11.3 Å². The molecule has 0 saturated heterocycles. The highest BCUT2D eigenvalue weighted by atomic mass is 35.5. The fourth-order valence-corrected chi connectivity index (χ4v) is 4.07. The molecule has 1 amide bonds. The second-order valence-corrected chi connectivity index (χ2v) is 10.1. The van der Waals surface area contributed by atoms with Crippen molar-refractivity contribution >= 4 is 40.4 Å². The lowest BCUT2D eigenvalue weighted by atomic mass is 10.0. The summed E-state index contributed by atoms with van der Waals surface area (Å²) in [6, 6.07) is 5.20. The van der Waals surface area contributed by atoms with Gasteiger partial charge in [0, 0.05) is 22.0 Å². The molecule has 0 spiro atoms. The maximum absolute atomic E-state index is 11.9. The number of nitrogens with zero attached hydrogens (tertiary/aromatic N) is 1. The Labute approximate surface area is 187 Å². The number of hydrogen-bond donors (Lipinski definition) is 2. The van der Waals surface area contributed by atoms with Crippen molar-refractivity contribution in [3.8, 4) is 11.3 Å². The number of benzene rings is 1. The van der Waals surface area contributed by atoms with Gasteiger partial charge in [-0.1, -0.05) is 37.6 Å². The molecular weight excluding hydrogens is 422 g/mol. The fraction of sp³-hybridized carbons (Fsp3) is 0.500. The van der Waals surface area contributed by atoms with Crippen molar-refractivity contribution in [2.24, 2.45) is 5.92 Å². The molecule has 1 heterocycles. The monoisotopic (exact) mass is 451 g/mol. The summed E-state index contributed by atoms with van der Waals surface area (Å²) in [5, 5.41) is 7.12.